The van der Waals surface area contributed by atoms with E-state index in [1.807, 2.05) is 66.2 Å². The molecule has 5 atom stereocenters. The lowest BCUT2D eigenvalue weighted by Gasteiger charge is -2.29. The lowest BCUT2D eigenvalue weighted by atomic mass is 9.92. The summed E-state index contributed by atoms with van der Waals surface area (Å²) in [7, 11) is 2.98. The van der Waals surface area contributed by atoms with Crippen LogP contribution in [0.2, 0.25) is 0 Å². The highest BCUT2D eigenvalue weighted by molar-refractivity contribution is 6.07. The van der Waals surface area contributed by atoms with E-state index in [9.17, 15) is 14.4 Å². The summed E-state index contributed by atoms with van der Waals surface area (Å²) in [5.41, 5.74) is 13.9. The van der Waals surface area contributed by atoms with Crippen molar-refractivity contribution in [2.75, 3.05) is 33.9 Å². The van der Waals surface area contributed by atoms with Crippen molar-refractivity contribution in [3.05, 3.63) is 102 Å². The first kappa shape index (κ1) is 39.2. The van der Waals surface area contributed by atoms with Gasteiger partial charge in [-0.25, -0.2) is 14.8 Å². The molecule has 14 heteroatoms. The second-order valence-corrected chi connectivity index (χ2v) is 16.5. The Kier molecular flexibility index (Phi) is 10.5. The van der Waals surface area contributed by atoms with Crippen molar-refractivity contribution < 1.29 is 28.6 Å². The summed E-state index contributed by atoms with van der Waals surface area (Å²) < 4.78 is 16.7. The Balaban J connectivity index is 0.966. The van der Waals surface area contributed by atoms with Crippen molar-refractivity contribution in [2.45, 2.75) is 63.9 Å². The first-order chi connectivity index (χ1) is 29.1. The average Bonchev–Trinajstić information content (AvgIpc) is 4.10. The van der Waals surface area contributed by atoms with Crippen LogP contribution in [0.15, 0.2) is 79.0 Å². The molecule has 3 aliphatic rings. The summed E-state index contributed by atoms with van der Waals surface area (Å²) in [6.07, 6.45) is 3.52. The molecular weight excluding hydrogens is 761 g/mol. The topological polar surface area (TPSA) is 181 Å². The average molecular weight is 811 g/mol. The summed E-state index contributed by atoms with van der Waals surface area (Å²) in [5.74, 6) is 1.99. The van der Waals surface area contributed by atoms with Gasteiger partial charge >= 0.3 is 6.09 Å². The molecule has 9 rings (SSSR count). The highest BCUT2D eigenvalue weighted by atomic mass is 16.5. The van der Waals surface area contributed by atoms with Crippen molar-refractivity contribution in [1.82, 2.24) is 35.1 Å². The number of fused-ring (bicyclic) bond motifs is 6. The van der Waals surface area contributed by atoms with Crippen LogP contribution in [0, 0.1) is 11.8 Å². The number of aromatic nitrogens is 4. The van der Waals surface area contributed by atoms with E-state index in [4.69, 9.17) is 29.9 Å². The smallest absolute Gasteiger partial charge is 0.407 e. The van der Waals surface area contributed by atoms with Gasteiger partial charge in [-0.3, -0.25) is 9.59 Å². The molecule has 3 amide bonds. The first-order valence-corrected chi connectivity index (χ1v) is 20.6. The molecule has 0 unspecified atom stereocenters. The van der Waals surface area contributed by atoms with Crippen molar-refractivity contribution in [3.63, 3.8) is 0 Å². The second-order valence-electron chi connectivity index (χ2n) is 16.5. The first-order valence-electron chi connectivity index (χ1n) is 20.6. The van der Waals surface area contributed by atoms with Crippen molar-refractivity contribution in [3.8, 4) is 28.1 Å². The minimum atomic E-state index is -0.769. The number of alkyl carbamates (subject to hydrolysis) is 1. The lowest BCUT2D eigenvalue weighted by molar-refractivity contribution is -0.135. The molecule has 2 fully saturated rings. The molecule has 6 aromatic rings. The van der Waals surface area contributed by atoms with Gasteiger partial charge in [0.25, 0.3) is 0 Å². The zero-order valence-electron chi connectivity index (χ0n) is 34.2. The molecule has 2 aromatic heterocycles. The number of carbonyl (C=O) groups is 3. The van der Waals surface area contributed by atoms with E-state index in [2.05, 4.69) is 51.7 Å². The molecule has 0 radical (unpaired) electrons. The van der Waals surface area contributed by atoms with E-state index in [-0.39, 0.29) is 35.7 Å². The molecule has 0 spiro atoms. The van der Waals surface area contributed by atoms with Gasteiger partial charge in [0, 0.05) is 37.1 Å². The van der Waals surface area contributed by atoms with E-state index in [0.717, 1.165) is 92.0 Å². The number of hydrogen-bond acceptors (Lipinski definition) is 9. The molecule has 3 aliphatic heterocycles. The van der Waals surface area contributed by atoms with Crippen LogP contribution in [0.1, 0.15) is 74.0 Å². The van der Waals surface area contributed by atoms with Gasteiger partial charge in [0.2, 0.25) is 11.8 Å². The SMILES string of the molecule is COC[C@H]1C[C@@H](c2ncc(-c3ccc4c(c3)COc3cc5c(ccc6[nH]c([C@@H]7CCCN7C(=O)[C@@H](NC(=O)OC)C(C)C)nc65)cc3-4)[nH]2)N(C(=O)[C@H](N)c2ccccc2)C1. The maximum absolute atomic E-state index is 13.8. The van der Waals surface area contributed by atoms with E-state index in [0.29, 0.717) is 26.3 Å². The normalized spacial score (nSPS) is 19.6. The van der Waals surface area contributed by atoms with Gasteiger partial charge < -0.3 is 45.0 Å². The fraction of sp³-hybridized carbons (Fsp3) is 0.370. The number of nitrogens with zero attached hydrogens (tertiary/aromatic N) is 4. The van der Waals surface area contributed by atoms with Gasteiger partial charge in [0.05, 0.1) is 48.7 Å². The highest BCUT2D eigenvalue weighted by Crippen LogP contribution is 2.44. The standard InChI is InChI=1S/C46H50N8O6/c1-25(2)40(52-46(57)59-4)45(56)53-16-8-11-36(53)43-49-34-15-13-28-19-33-31-14-12-29(18-30(31)24-60-38(33)20-32(28)41(34)51-43)35-21-48-42(50-35)37-17-26(23-58-3)22-54(37)44(55)39(47)27-9-6-5-7-10-27/h5-7,9-10,12-15,18-21,25-26,36-37,39-40H,8,11,16-17,22-24,47H2,1-4H3,(H,48,50)(H,49,51)(H,52,57)/t26-,36-,37-,39+,40-/m0/s1. The molecule has 0 saturated carbocycles. The summed E-state index contributed by atoms with van der Waals surface area (Å²) >= 11 is 0. The van der Waals surface area contributed by atoms with E-state index in [1.54, 1.807) is 7.11 Å². The Hall–Kier alpha value is -6.25. The number of nitrogens with one attached hydrogen (secondary N) is 3. The third-order valence-electron chi connectivity index (χ3n) is 12.3. The van der Waals surface area contributed by atoms with Crippen LogP contribution in [0.3, 0.4) is 0 Å². The molecule has 310 valence electrons. The molecular formula is C46H50N8O6. The monoisotopic (exact) mass is 810 g/mol. The van der Waals surface area contributed by atoms with Gasteiger partial charge in [-0.15, -0.1) is 0 Å². The number of methoxy groups -OCH3 is 2. The third kappa shape index (κ3) is 7.13. The van der Waals surface area contributed by atoms with E-state index in [1.165, 1.54) is 7.11 Å². The summed E-state index contributed by atoms with van der Waals surface area (Å²) in [6, 6.07) is 22.2. The fourth-order valence-electron chi connectivity index (χ4n) is 9.24. The molecule has 0 aliphatic carbocycles. The Labute approximate surface area is 347 Å². The minimum Gasteiger partial charge on any atom is -0.488 e. The minimum absolute atomic E-state index is 0.120. The lowest BCUT2D eigenvalue weighted by Crippen LogP contribution is -2.51. The molecule has 14 nitrogen and oxygen atoms in total. The van der Waals surface area contributed by atoms with E-state index >= 15 is 0 Å². The molecule has 4 aromatic carbocycles. The van der Waals surface area contributed by atoms with Crippen LogP contribution in [0.4, 0.5) is 4.79 Å². The maximum Gasteiger partial charge on any atom is 0.407 e. The Morgan fingerprint density at radius 3 is 2.57 bits per heavy atom. The van der Waals surface area contributed by atoms with Crippen LogP contribution in [0.25, 0.3) is 44.2 Å². The molecule has 5 heterocycles. The Bertz CT molecular complexity index is 2590. The number of ether oxygens (including phenoxy) is 3. The van der Waals surface area contributed by atoms with Crippen LogP contribution < -0.4 is 15.8 Å². The number of rotatable bonds is 10. The number of amides is 3. The van der Waals surface area contributed by atoms with Gasteiger partial charge in [-0.1, -0.05) is 62.4 Å². The fourth-order valence-corrected chi connectivity index (χ4v) is 9.24. The zero-order valence-corrected chi connectivity index (χ0v) is 34.2. The number of carbonyl (C=O) groups excluding carboxylic acids is 3. The number of likely N-dealkylation sites (tertiary alicyclic amines) is 2. The Morgan fingerprint density at radius 1 is 0.950 bits per heavy atom. The maximum atomic E-state index is 13.8. The summed E-state index contributed by atoms with van der Waals surface area (Å²) in [4.78, 5) is 60.2. The van der Waals surface area contributed by atoms with Crippen LogP contribution in [-0.4, -0.2) is 87.6 Å². The van der Waals surface area contributed by atoms with Gasteiger partial charge in [0.15, 0.2) is 0 Å². The second kappa shape index (κ2) is 16.1. The number of hydrogen-bond donors (Lipinski definition) is 4. The summed E-state index contributed by atoms with van der Waals surface area (Å²) in [5, 5.41) is 4.70. The largest absolute Gasteiger partial charge is 0.488 e. The van der Waals surface area contributed by atoms with Crippen molar-refractivity contribution in [1.29, 1.82) is 0 Å². The third-order valence-corrected chi connectivity index (χ3v) is 12.3. The van der Waals surface area contributed by atoms with Crippen molar-refractivity contribution in [2.24, 2.45) is 17.6 Å². The predicted octanol–water partition coefficient (Wildman–Crippen LogP) is 6.95. The number of H-pyrrole nitrogens is 2. The van der Waals surface area contributed by atoms with Gasteiger partial charge in [0.1, 0.15) is 36.1 Å². The van der Waals surface area contributed by atoms with Gasteiger partial charge in [-0.05, 0) is 77.1 Å². The molecule has 5 N–H and O–H groups in total. The molecule has 2 saturated heterocycles. The van der Waals surface area contributed by atoms with Gasteiger partial charge in [-0.2, -0.15) is 0 Å². The quantitative estimate of drug-likeness (QED) is 0.114. The zero-order chi connectivity index (χ0) is 41.7. The van der Waals surface area contributed by atoms with E-state index < -0.39 is 18.2 Å². The molecule has 60 heavy (non-hydrogen) atoms. The Morgan fingerprint density at radius 2 is 1.78 bits per heavy atom. The summed E-state index contributed by atoms with van der Waals surface area (Å²) in [6.45, 7) is 5.87. The number of aromatic amines is 2. The number of nitrogens with two attached hydrogens (primary N) is 1. The van der Waals surface area contributed by atoms with Crippen LogP contribution >= 0.6 is 0 Å². The number of imidazole rings is 2. The van der Waals surface area contributed by atoms with Crippen LogP contribution in [-0.2, 0) is 25.7 Å². The number of benzene rings is 4. The predicted molar refractivity (Wildman–Crippen MR) is 227 cm³/mol. The molecule has 0 bridgehead atoms. The van der Waals surface area contributed by atoms with Crippen LogP contribution in [0.5, 0.6) is 5.75 Å². The van der Waals surface area contributed by atoms with Crippen molar-refractivity contribution >= 4 is 39.7 Å². The highest BCUT2D eigenvalue weighted by Gasteiger charge is 2.40.